The van der Waals surface area contributed by atoms with E-state index in [9.17, 15) is 0 Å². The van der Waals surface area contributed by atoms with Gasteiger partial charge in [0.15, 0.2) is 0 Å². The van der Waals surface area contributed by atoms with Crippen molar-refractivity contribution < 1.29 is 0 Å². The number of unbranched alkanes of at least 4 members (excludes halogenated alkanes) is 6. The SMILES string of the molecule is CCCCCCc1csc(-c2cc(-c3scc(C)c3-c3ccccc3)cc(-c3scc(CCCCCC)c3-c3ccccc3)c2)c1-c1ccccc1. The Bertz CT molecular complexity index is 2050. The van der Waals surface area contributed by atoms with Gasteiger partial charge in [0, 0.05) is 31.3 Å². The number of benzene rings is 4. The second-order valence-corrected chi connectivity index (χ2v) is 16.7. The van der Waals surface area contributed by atoms with E-state index >= 15 is 0 Å². The molecule has 3 heterocycles. The van der Waals surface area contributed by atoms with Crippen molar-refractivity contribution in [1.82, 2.24) is 0 Å². The van der Waals surface area contributed by atoms with Crippen LogP contribution < -0.4 is 0 Å². The van der Waals surface area contributed by atoms with Crippen LogP contribution in [0.3, 0.4) is 0 Å². The Morgan fingerprint density at radius 2 is 0.750 bits per heavy atom. The summed E-state index contributed by atoms with van der Waals surface area (Å²) >= 11 is 5.74. The molecule has 0 saturated heterocycles. The van der Waals surface area contributed by atoms with E-state index in [1.54, 1.807) is 0 Å². The maximum Gasteiger partial charge on any atom is 0.0424 e. The topological polar surface area (TPSA) is 0 Å². The zero-order valence-electron chi connectivity index (χ0n) is 30.9. The fourth-order valence-corrected chi connectivity index (χ4v) is 10.8. The van der Waals surface area contributed by atoms with E-state index in [0.29, 0.717) is 0 Å². The Morgan fingerprint density at radius 1 is 0.385 bits per heavy atom. The molecule has 0 aliphatic heterocycles. The van der Waals surface area contributed by atoms with E-state index in [1.165, 1.54) is 133 Å². The first-order valence-corrected chi connectivity index (χ1v) is 21.9. The van der Waals surface area contributed by atoms with Gasteiger partial charge in [-0.05, 0) is 117 Å². The number of aryl methyl sites for hydroxylation is 3. The van der Waals surface area contributed by atoms with E-state index in [2.05, 4.69) is 146 Å². The fourth-order valence-electron chi connectivity index (χ4n) is 7.55. The van der Waals surface area contributed by atoms with E-state index in [-0.39, 0.29) is 0 Å². The second-order valence-electron chi connectivity index (χ2n) is 14.1. The van der Waals surface area contributed by atoms with Crippen molar-refractivity contribution in [3.05, 3.63) is 142 Å². The largest absolute Gasteiger partial charge is 0.143 e. The Balaban J connectivity index is 1.43. The molecule has 0 aliphatic rings. The lowest BCUT2D eigenvalue weighted by molar-refractivity contribution is 0.668. The third kappa shape index (κ3) is 8.13. The van der Waals surface area contributed by atoms with Gasteiger partial charge in [0.25, 0.3) is 0 Å². The summed E-state index contributed by atoms with van der Waals surface area (Å²) in [6, 6.07) is 40.7. The molecule has 0 amide bonds. The lowest BCUT2D eigenvalue weighted by Crippen LogP contribution is -1.91. The number of hydrogen-bond acceptors (Lipinski definition) is 3. The highest BCUT2D eigenvalue weighted by molar-refractivity contribution is 7.15. The number of rotatable bonds is 16. The summed E-state index contributed by atoms with van der Waals surface area (Å²) in [5.74, 6) is 0. The molecule has 7 aromatic rings. The van der Waals surface area contributed by atoms with Gasteiger partial charge < -0.3 is 0 Å². The predicted octanol–water partition coefficient (Wildman–Crippen LogP) is 16.4. The van der Waals surface area contributed by atoms with E-state index in [1.807, 2.05) is 34.0 Å². The molecule has 0 saturated carbocycles. The van der Waals surface area contributed by atoms with E-state index in [0.717, 1.165) is 12.8 Å². The first kappa shape index (κ1) is 36.3. The Kier molecular flexibility index (Phi) is 12.3. The van der Waals surface area contributed by atoms with E-state index < -0.39 is 0 Å². The van der Waals surface area contributed by atoms with Gasteiger partial charge in [0.05, 0.1) is 0 Å². The van der Waals surface area contributed by atoms with Crippen LogP contribution in [0.1, 0.15) is 81.9 Å². The van der Waals surface area contributed by atoms with Gasteiger partial charge >= 0.3 is 0 Å². The van der Waals surface area contributed by atoms with Gasteiger partial charge in [-0.3, -0.25) is 0 Å². The minimum atomic E-state index is 1.13. The number of hydrogen-bond donors (Lipinski definition) is 0. The predicted molar refractivity (Wildman–Crippen MR) is 233 cm³/mol. The van der Waals surface area contributed by atoms with E-state index in [4.69, 9.17) is 0 Å². The standard InChI is InChI=1S/C49H50S3/c1-4-6-8-13-27-39-33-51-48(45(39)37-23-17-11-18-24-37)42-29-41(47-44(35(3)32-50-47)36-21-15-10-16-22-36)30-43(31-42)49-46(38-25-19-12-20-26-38)40(34-52-49)28-14-9-7-5-2/h10-12,15-26,29-34H,4-9,13-14,27-28H2,1-3H3. The first-order chi connectivity index (χ1) is 25.7. The molecule has 7 rings (SSSR count). The van der Waals surface area contributed by atoms with Crippen molar-refractivity contribution in [2.24, 2.45) is 0 Å². The van der Waals surface area contributed by atoms with Crippen LogP contribution >= 0.6 is 34.0 Å². The molecule has 0 nitrogen and oxygen atoms in total. The first-order valence-electron chi connectivity index (χ1n) is 19.3. The van der Waals surface area contributed by atoms with Crippen molar-refractivity contribution in [3.8, 4) is 64.7 Å². The molecule has 0 radical (unpaired) electrons. The molecule has 3 heteroatoms. The highest BCUT2D eigenvalue weighted by Gasteiger charge is 2.22. The summed E-state index contributed by atoms with van der Waals surface area (Å²) in [5.41, 5.74) is 16.4. The van der Waals surface area contributed by atoms with Crippen LogP contribution in [0, 0.1) is 6.92 Å². The highest BCUT2D eigenvalue weighted by atomic mass is 32.1. The summed E-state index contributed by atoms with van der Waals surface area (Å²) in [7, 11) is 0. The maximum absolute atomic E-state index is 2.50. The van der Waals surface area contributed by atoms with Gasteiger partial charge in [-0.15, -0.1) is 34.0 Å². The molecule has 0 N–H and O–H groups in total. The average Bonchev–Trinajstić information content (AvgIpc) is 3.93. The van der Waals surface area contributed by atoms with Crippen LogP contribution in [-0.2, 0) is 12.8 Å². The third-order valence-corrected chi connectivity index (χ3v) is 13.5. The third-order valence-electron chi connectivity index (χ3n) is 10.2. The lowest BCUT2D eigenvalue weighted by Gasteiger charge is -2.15. The normalized spacial score (nSPS) is 11.4. The summed E-state index contributed by atoms with van der Waals surface area (Å²) in [5, 5.41) is 7.25. The summed E-state index contributed by atoms with van der Waals surface area (Å²) in [6.07, 6.45) is 12.4. The molecule has 0 bridgehead atoms. The summed E-state index contributed by atoms with van der Waals surface area (Å²) in [4.78, 5) is 4.11. The van der Waals surface area contributed by atoms with Crippen molar-refractivity contribution in [3.63, 3.8) is 0 Å². The molecule has 0 aliphatic carbocycles. The van der Waals surface area contributed by atoms with Crippen LogP contribution in [0.25, 0.3) is 64.7 Å². The Labute approximate surface area is 323 Å². The Hall–Kier alpha value is -4.02. The summed E-state index contributed by atoms with van der Waals surface area (Å²) < 4.78 is 0. The Morgan fingerprint density at radius 3 is 1.15 bits per heavy atom. The smallest absolute Gasteiger partial charge is 0.0424 e. The zero-order valence-corrected chi connectivity index (χ0v) is 33.4. The van der Waals surface area contributed by atoms with Crippen molar-refractivity contribution in [2.45, 2.75) is 85.0 Å². The maximum atomic E-state index is 2.50. The molecule has 0 spiro atoms. The molecule has 52 heavy (non-hydrogen) atoms. The van der Waals surface area contributed by atoms with Crippen LogP contribution in [0.2, 0.25) is 0 Å². The fraction of sp³-hybridized carbons (Fsp3) is 0.265. The van der Waals surface area contributed by atoms with Crippen LogP contribution in [0.15, 0.2) is 125 Å². The van der Waals surface area contributed by atoms with Crippen molar-refractivity contribution in [2.75, 3.05) is 0 Å². The zero-order chi connectivity index (χ0) is 35.7. The molecule has 0 fully saturated rings. The minimum Gasteiger partial charge on any atom is -0.143 e. The number of thiophene rings is 3. The lowest BCUT2D eigenvalue weighted by atomic mass is 9.91. The minimum absolute atomic E-state index is 1.13. The quantitative estimate of drug-likeness (QED) is 0.0867. The summed E-state index contributed by atoms with van der Waals surface area (Å²) in [6.45, 7) is 6.86. The molecular weight excluding hydrogens is 685 g/mol. The van der Waals surface area contributed by atoms with Crippen LogP contribution in [-0.4, -0.2) is 0 Å². The van der Waals surface area contributed by atoms with Gasteiger partial charge in [-0.25, -0.2) is 0 Å². The molecule has 4 aromatic carbocycles. The molecule has 3 aromatic heterocycles. The van der Waals surface area contributed by atoms with Crippen LogP contribution in [0.5, 0.6) is 0 Å². The second kappa shape index (κ2) is 17.7. The monoisotopic (exact) mass is 734 g/mol. The van der Waals surface area contributed by atoms with Crippen molar-refractivity contribution in [1.29, 1.82) is 0 Å². The van der Waals surface area contributed by atoms with Gasteiger partial charge in [0.2, 0.25) is 0 Å². The van der Waals surface area contributed by atoms with Gasteiger partial charge in [-0.2, -0.15) is 0 Å². The van der Waals surface area contributed by atoms with Crippen molar-refractivity contribution >= 4 is 34.0 Å². The van der Waals surface area contributed by atoms with Crippen LogP contribution in [0.4, 0.5) is 0 Å². The molecule has 0 atom stereocenters. The average molecular weight is 735 g/mol. The molecule has 0 unspecified atom stereocenters. The van der Waals surface area contributed by atoms with Gasteiger partial charge in [0.1, 0.15) is 0 Å². The molecule has 264 valence electrons. The highest BCUT2D eigenvalue weighted by Crippen LogP contribution is 2.49. The van der Waals surface area contributed by atoms with Gasteiger partial charge in [-0.1, -0.05) is 143 Å². The molecular formula is C49H50S3.